The second kappa shape index (κ2) is 5.96. The molecule has 1 heterocycles. The van der Waals surface area contributed by atoms with Crippen LogP contribution in [0, 0.1) is 0 Å². The first kappa shape index (κ1) is 12.3. The number of rotatable bonds is 3. The van der Waals surface area contributed by atoms with Crippen LogP contribution in [0.3, 0.4) is 0 Å². The average Bonchev–Trinajstić information content (AvgIpc) is 2.58. The third kappa shape index (κ3) is 3.66. The summed E-state index contributed by atoms with van der Waals surface area (Å²) in [5.74, 6) is 0. The fraction of sp³-hybridized carbons (Fsp3) is 0.538. The summed E-state index contributed by atoms with van der Waals surface area (Å²) in [5, 5.41) is 3.54. The first-order valence-corrected chi connectivity index (χ1v) is 6.69. The van der Waals surface area contributed by atoms with Crippen LogP contribution in [0.4, 0.5) is 5.69 Å². The highest BCUT2D eigenvalue weighted by molar-refractivity contribution is 7.80. The minimum absolute atomic E-state index is 0.353. The summed E-state index contributed by atoms with van der Waals surface area (Å²) in [5.41, 5.74) is 7.27. The molecule has 3 nitrogen and oxygen atoms in total. The molecule has 0 spiro atoms. The van der Waals surface area contributed by atoms with Crippen LogP contribution in [0.1, 0.15) is 44.2 Å². The van der Waals surface area contributed by atoms with Crippen LogP contribution in [0.25, 0.3) is 0 Å². The molecule has 1 aliphatic rings. The quantitative estimate of drug-likeness (QED) is 0.639. The lowest BCUT2D eigenvalue weighted by molar-refractivity contribution is 0.620. The summed E-state index contributed by atoms with van der Waals surface area (Å²) in [7, 11) is 0. The van der Waals surface area contributed by atoms with E-state index in [2.05, 4.69) is 10.3 Å². The molecule has 17 heavy (non-hydrogen) atoms. The van der Waals surface area contributed by atoms with Crippen LogP contribution in [-0.2, 0) is 0 Å². The number of nitrogens with two attached hydrogens (primary N) is 1. The van der Waals surface area contributed by atoms with Gasteiger partial charge in [-0.2, -0.15) is 0 Å². The van der Waals surface area contributed by atoms with Gasteiger partial charge in [0.25, 0.3) is 0 Å². The molecule has 0 bridgehead atoms. The molecule has 4 heteroatoms. The summed E-state index contributed by atoms with van der Waals surface area (Å²) < 4.78 is 0. The first-order valence-electron chi connectivity index (χ1n) is 6.28. The van der Waals surface area contributed by atoms with Crippen molar-refractivity contribution >= 4 is 22.9 Å². The zero-order chi connectivity index (χ0) is 12.1. The molecular formula is C13H19N3S. The molecule has 1 aromatic heterocycles. The molecule has 0 aromatic carbocycles. The van der Waals surface area contributed by atoms with Gasteiger partial charge in [-0.15, -0.1) is 0 Å². The van der Waals surface area contributed by atoms with Gasteiger partial charge in [-0.3, -0.25) is 4.98 Å². The van der Waals surface area contributed by atoms with E-state index in [1.807, 2.05) is 18.3 Å². The third-order valence-electron chi connectivity index (χ3n) is 3.24. The first-order chi connectivity index (χ1) is 8.25. The maximum absolute atomic E-state index is 5.52. The number of thiocarbonyl (C=S) groups is 1. The Labute approximate surface area is 108 Å². The van der Waals surface area contributed by atoms with E-state index in [0.29, 0.717) is 16.7 Å². The fourth-order valence-corrected chi connectivity index (χ4v) is 2.41. The van der Waals surface area contributed by atoms with Gasteiger partial charge in [0.1, 0.15) is 4.99 Å². The third-order valence-corrected chi connectivity index (χ3v) is 3.45. The average molecular weight is 249 g/mol. The molecule has 1 fully saturated rings. The lowest BCUT2D eigenvalue weighted by Crippen LogP contribution is -2.18. The summed E-state index contributed by atoms with van der Waals surface area (Å²) in [6.45, 7) is 0. The molecule has 1 saturated carbocycles. The monoisotopic (exact) mass is 249 g/mol. The van der Waals surface area contributed by atoms with Crippen LogP contribution >= 0.6 is 12.2 Å². The van der Waals surface area contributed by atoms with Crippen molar-refractivity contribution in [3.8, 4) is 0 Å². The molecule has 2 rings (SSSR count). The topological polar surface area (TPSA) is 50.9 Å². The highest BCUT2D eigenvalue weighted by Crippen LogP contribution is 2.20. The summed E-state index contributed by atoms with van der Waals surface area (Å²) >= 11 is 4.88. The molecular weight excluding hydrogens is 230 g/mol. The molecule has 1 aliphatic carbocycles. The van der Waals surface area contributed by atoms with Crippen molar-refractivity contribution in [2.45, 2.75) is 44.6 Å². The number of aromatic nitrogens is 1. The van der Waals surface area contributed by atoms with Crippen molar-refractivity contribution in [3.63, 3.8) is 0 Å². The van der Waals surface area contributed by atoms with Crippen molar-refractivity contribution in [3.05, 3.63) is 24.0 Å². The fourth-order valence-electron chi connectivity index (χ4n) is 2.28. The maximum Gasteiger partial charge on any atom is 0.122 e. The molecule has 0 aliphatic heterocycles. The van der Waals surface area contributed by atoms with Crippen molar-refractivity contribution in [2.24, 2.45) is 5.73 Å². The molecule has 1 aromatic rings. The largest absolute Gasteiger partial charge is 0.388 e. The standard InChI is InChI=1S/C13H19N3S/c14-13(17)12-8-7-11(9-15-12)16-10-5-3-1-2-4-6-10/h7-10,16H,1-6H2,(H2,14,17). The Hall–Kier alpha value is -1.16. The van der Waals surface area contributed by atoms with E-state index in [4.69, 9.17) is 18.0 Å². The van der Waals surface area contributed by atoms with Gasteiger partial charge in [0, 0.05) is 6.04 Å². The van der Waals surface area contributed by atoms with Crippen molar-refractivity contribution in [2.75, 3.05) is 5.32 Å². The number of anilines is 1. The molecule has 0 amide bonds. The lowest BCUT2D eigenvalue weighted by atomic mass is 10.1. The SMILES string of the molecule is NC(=S)c1ccc(NC2CCCCCC2)cn1. The zero-order valence-electron chi connectivity index (χ0n) is 9.98. The predicted molar refractivity (Wildman–Crippen MR) is 75.2 cm³/mol. The van der Waals surface area contributed by atoms with E-state index >= 15 is 0 Å². The van der Waals surface area contributed by atoms with E-state index in [1.54, 1.807) is 0 Å². The van der Waals surface area contributed by atoms with E-state index in [1.165, 1.54) is 38.5 Å². The van der Waals surface area contributed by atoms with Crippen LogP contribution in [0.15, 0.2) is 18.3 Å². The highest BCUT2D eigenvalue weighted by Gasteiger charge is 2.11. The Bertz CT molecular complexity index is 367. The van der Waals surface area contributed by atoms with Gasteiger partial charge in [0.05, 0.1) is 17.6 Å². The minimum atomic E-state index is 0.353. The Balaban J connectivity index is 1.95. The van der Waals surface area contributed by atoms with Crippen LogP contribution in [0.5, 0.6) is 0 Å². The zero-order valence-corrected chi connectivity index (χ0v) is 10.8. The number of nitrogens with one attached hydrogen (secondary N) is 1. The molecule has 92 valence electrons. The van der Waals surface area contributed by atoms with Gasteiger partial charge in [-0.25, -0.2) is 0 Å². The van der Waals surface area contributed by atoms with E-state index in [0.717, 1.165) is 5.69 Å². The lowest BCUT2D eigenvalue weighted by Gasteiger charge is -2.17. The molecule has 0 atom stereocenters. The van der Waals surface area contributed by atoms with Gasteiger partial charge >= 0.3 is 0 Å². The Morgan fingerprint density at radius 1 is 1.24 bits per heavy atom. The minimum Gasteiger partial charge on any atom is -0.388 e. The van der Waals surface area contributed by atoms with E-state index < -0.39 is 0 Å². The summed E-state index contributed by atoms with van der Waals surface area (Å²) in [4.78, 5) is 4.59. The van der Waals surface area contributed by atoms with Crippen LogP contribution < -0.4 is 11.1 Å². The summed E-state index contributed by atoms with van der Waals surface area (Å²) in [6.07, 6.45) is 9.74. The molecule has 0 saturated heterocycles. The Kier molecular flexibility index (Phi) is 4.31. The molecule has 0 radical (unpaired) electrons. The van der Waals surface area contributed by atoms with Crippen LogP contribution in [0.2, 0.25) is 0 Å². The normalized spacial score (nSPS) is 17.4. The predicted octanol–water partition coefficient (Wildman–Crippen LogP) is 2.85. The van der Waals surface area contributed by atoms with Crippen molar-refractivity contribution < 1.29 is 0 Å². The summed E-state index contributed by atoms with van der Waals surface area (Å²) in [6, 6.07) is 4.48. The van der Waals surface area contributed by atoms with Gasteiger partial charge in [0.2, 0.25) is 0 Å². The van der Waals surface area contributed by atoms with Crippen LogP contribution in [-0.4, -0.2) is 16.0 Å². The van der Waals surface area contributed by atoms with Gasteiger partial charge in [0.15, 0.2) is 0 Å². The second-order valence-corrected chi connectivity index (χ2v) is 5.07. The number of nitrogens with zero attached hydrogens (tertiary/aromatic N) is 1. The van der Waals surface area contributed by atoms with Crippen molar-refractivity contribution in [1.82, 2.24) is 4.98 Å². The maximum atomic E-state index is 5.52. The van der Waals surface area contributed by atoms with Gasteiger partial charge in [-0.1, -0.05) is 37.9 Å². The Morgan fingerprint density at radius 2 is 1.94 bits per heavy atom. The smallest absolute Gasteiger partial charge is 0.122 e. The van der Waals surface area contributed by atoms with Gasteiger partial charge in [-0.05, 0) is 25.0 Å². The van der Waals surface area contributed by atoms with E-state index in [-0.39, 0.29) is 0 Å². The number of hydrogen-bond acceptors (Lipinski definition) is 3. The second-order valence-electron chi connectivity index (χ2n) is 4.63. The Morgan fingerprint density at radius 3 is 2.47 bits per heavy atom. The van der Waals surface area contributed by atoms with Gasteiger partial charge < -0.3 is 11.1 Å². The highest BCUT2D eigenvalue weighted by atomic mass is 32.1. The van der Waals surface area contributed by atoms with E-state index in [9.17, 15) is 0 Å². The number of pyridine rings is 1. The molecule has 0 unspecified atom stereocenters. The van der Waals surface area contributed by atoms with Crippen molar-refractivity contribution in [1.29, 1.82) is 0 Å². The number of hydrogen-bond donors (Lipinski definition) is 2. The molecule has 3 N–H and O–H groups in total.